The number of benzene rings is 1. The first-order valence-electron chi connectivity index (χ1n) is 6.73. The van der Waals surface area contributed by atoms with Gasteiger partial charge in [0.05, 0.1) is 5.92 Å². The summed E-state index contributed by atoms with van der Waals surface area (Å²) in [6, 6.07) is 9.60. The fraction of sp³-hybridized carbons (Fsp3) is 0.438. The van der Waals surface area contributed by atoms with Crippen LogP contribution in [0.2, 0.25) is 0 Å². The van der Waals surface area contributed by atoms with Crippen LogP contribution in [0.4, 0.5) is 0 Å². The van der Waals surface area contributed by atoms with Gasteiger partial charge in [-0.15, -0.1) is 0 Å². The minimum Gasteiger partial charge on any atom is -0.481 e. The predicted octanol–water partition coefficient (Wildman–Crippen LogP) is 3.99. The van der Waals surface area contributed by atoms with Crippen molar-refractivity contribution in [1.82, 2.24) is 0 Å². The highest BCUT2D eigenvalue weighted by Crippen LogP contribution is 2.31. The second-order valence-electron chi connectivity index (χ2n) is 4.96. The third kappa shape index (κ3) is 3.22. The van der Waals surface area contributed by atoms with Gasteiger partial charge in [0.15, 0.2) is 0 Å². The Morgan fingerprint density at radius 3 is 2.67 bits per heavy atom. The Bertz CT molecular complexity index is 408. The molecule has 0 bridgehead atoms. The molecule has 2 rings (SSSR count). The van der Waals surface area contributed by atoms with Crippen molar-refractivity contribution in [3.63, 3.8) is 0 Å². The van der Waals surface area contributed by atoms with Crippen molar-refractivity contribution < 1.29 is 9.90 Å². The van der Waals surface area contributed by atoms with Crippen LogP contribution < -0.4 is 0 Å². The fourth-order valence-corrected chi connectivity index (χ4v) is 2.70. The molecule has 0 fully saturated rings. The second kappa shape index (κ2) is 6.39. The van der Waals surface area contributed by atoms with Crippen LogP contribution in [-0.4, -0.2) is 11.1 Å². The SMILES string of the molecule is O=C(O)C(c1ccccc1)C1/C=C/CCCCC1. The maximum absolute atomic E-state index is 11.6. The van der Waals surface area contributed by atoms with Gasteiger partial charge in [-0.25, -0.2) is 0 Å². The highest BCUT2D eigenvalue weighted by atomic mass is 16.4. The normalized spacial score (nSPS) is 23.7. The average Bonchev–Trinajstić information content (AvgIpc) is 2.33. The third-order valence-electron chi connectivity index (χ3n) is 3.64. The number of rotatable bonds is 3. The first kappa shape index (κ1) is 12.9. The number of hydrogen-bond acceptors (Lipinski definition) is 1. The van der Waals surface area contributed by atoms with Gasteiger partial charge in [0.2, 0.25) is 0 Å². The van der Waals surface area contributed by atoms with Gasteiger partial charge in [0.1, 0.15) is 0 Å². The van der Waals surface area contributed by atoms with Crippen LogP contribution in [0.5, 0.6) is 0 Å². The molecule has 1 aromatic carbocycles. The van der Waals surface area contributed by atoms with E-state index in [0.29, 0.717) is 0 Å². The van der Waals surface area contributed by atoms with Crippen LogP contribution in [0.1, 0.15) is 43.6 Å². The lowest BCUT2D eigenvalue weighted by Gasteiger charge is -2.22. The van der Waals surface area contributed by atoms with Crippen molar-refractivity contribution in [2.24, 2.45) is 5.92 Å². The van der Waals surface area contributed by atoms with Gasteiger partial charge in [0, 0.05) is 0 Å². The summed E-state index contributed by atoms with van der Waals surface area (Å²) < 4.78 is 0. The van der Waals surface area contributed by atoms with Gasteiger partial charge < -0.3 is 5.11 Å². The van der Waals surface area contributed by atoms with Crippen molar-refractivity contribution in [3.05, 3.63) is 48.0 Å². The molecule has 1 aliphatic carbocycles. The molecule has 0 spiro atoms. The van der Waals surface area contributed by atoms with E-state index in [1.807, 2.05) is 30.3 Å². The van der Waals surface area contributed by atoms with Crippen molar-refractivity contribution >= 4 is 5.97 Å². The summed E-state index contributed by atoms with van der Waals surface area (Å²) in [6.07, 6.45) is 9.90. The lowest BCUT2D eigenvalue weighted by atomic mass is 9.81. The van der Waals surface area contributed by atoms with Crippen LogP contribution in [0.15, 0.2) is 42.5 Å². The number of carbonyl (C=O) groups is 1. The molecule has 2 heteroatoms. The number of carboxylic acids is 1. The summed E-state index contributed by atoms with van der Waals surface area (Å²) in [5.41, 5.74) is 0.917. The van der Waals surface area contributed by atoms with Crippen molar-refractivity contribution in [1.29, 1.82) is 0 Å². The smallest absolute Gasteiger partial charge is 0.311 e. The molecular formula is C16H20O2. The zero-order valence-corrected chi connectivity index (χ0v) is 10.6. The largest absolute Gasteiger partial charge is 0.481 e. The van der Waals surface area contributed by atoms with E-state index < -0.39 is 11.9 Å². The molecule has 1 aliphatic rings. The van der Waals surface area contributed by atoms with Crippen LogP contribution in [0.3, 0.4) is 0 Å². The van der Waals surface area contributed by atoms with Crippen molar-refractivity contribution in [3.8, 4) is 0 Å². The van der Waals surface area contributed by atoms with E-state index >= 15 is 0 Å². The summed E-state index contributed by atoms with van der Waals surface area (Å²) >= 11 is 0. The Balaban J connectivity index is 2.24. The Kier molecular flexibility index (Phi) is 4.57. The van der Waals surface area contributed by atoms with Gasteiger partial charge in [-0.05, 0) is 30.7 Å². The lowest BCUT2D eigenvalue weighted by Crippen LogP contribution is -2.20. The molecule has 18 heavy (non-hydrogen) atoms. The number of allylic oxidation sites excluding steroid dienone is 2. The number of aliphatic carboxylic acids is 1. The molecule has 0 aromatic heterocycles. The van der Waals surface area contributed by atoms with Gasteiger partial charge in [-0.1, -0.05) is 55.3 Å². The summed E-state index contributed by atoms with van der Waals surface area (Å²) in [5.74, 6) is -0.984. The molecule has 0 radical (unpaired) electrons. The standard InChI is InChI=1S/C16H20O2/c17-16(18)15(14-11-7-4-8-12-14)13-9-5-2-1-3-6-10-13/h4-5,7-9,11-13,15H,1-3,6,10H2,(H,17,18)/b9-5+. The van der Waals surface area contributed by atoms with Gasteiger partial charge in [0.25, 0.3) is 0 Å². The van der Waals surface area contributed by atoms with Gasteiger partial charge in [-0.2, -0.15) is 0 Å². The lowest BCUT2D eigenvalue weighted by molar-refractivity contribution is -0.139. The zero-order chi connectivity index (χ0) is 12.8. The minimum atomic E-state index is -0.712. The molecule has 2 atom stereocenters. The van der Waals surface area contributed by atoms with Crippen LogP contribution in [0.25, 0.3) is 0 Å². The highest BCUT2D eigenvalue weighted by molar-refractivity contribution is 5.76. The molecule has 0 aliphatic heterocycles. The fourth-order valence-electron chi connectivity index (χ4n) is 2.70. The molecule has 0 saturated heterocycles. The topological polar surface area (TPSA) is 37.3 Å². The van der Waals surface area contributed by atoms with Crippen LogP contribution >= 0.6 is 0 Å². The molecule has 0 heterocycles. The first-order chi connectivity index (χ1) is 8.79. The molecule has 2 nitrogen and oxygen atoms in total. The second-order valence-corrected chi connectivity index (χ2v) is 4.96. The van der Waals surface area contributed by atoms with E-state index in [2.05, 4.69) is 12.2 Å². The zero-order valence-electron chi connectivity index (χ0n) is 10.6. The Hall–Kier alpha value is -1.57. The third-order valence-corrected chi connectivity index (χ3v) is 3.64. The predicted molar refractivity (Wildman–Crippen MR) is 72.5 cm³/mol. The summed E-state index contributed by atoms with van der Waals surface area (Å²) in [7, 11) is 0. The average molecular weight is 244 g/mol. The van der Waals surface area contributed by atoms with Gasteiger partial charge >= 0.3 is 5.97 Å². The van der Waals surface area contributed by atoms with E-state index in [4.69, 9.17) is 0 Å². The van der Waals surface area contributed by atoms with E-state index in [0.717, 1.165) is 24.8 Å². The molecule has 0 saturated carbocycles. The molecule has 2 unspecified atom stereocenters. The monoisotopic (exact) mass is 244 g/mol. The maximum Gasteiger partial charge on any atom is 0.311 e. The summed E-state index contributed by atoms with van der Waals surface area (Å²) in [5, 5.41) is 9.51. The quantitative estimate of drug-likeness (QED) is 0.816. The highest BCUT2D eigenvalue weighted by Gasteiger charge is 2.27. The molecule has 1 N–H and O–H groups in total. The van der Waals surface area contributed by atoms with Crippen molar-refractivity contribution in [2.45, 2.75) is 38.0 Å². The number of carboxylic acid groups (broad SMARTS) is 1. The minimum absolute atomic E-state index is 0.130. The molecule has 96 valence electrons. The van der Waals surface area contributed by atoms with Crippen LogP contribution in [0, 0.1) is 5.92 Å². The van der Waals surface area contributed by atoms with E-state index in [1.165, 1.54) is 12.8 Å². The van der Waals surface area contributed by atoms with Crippen molar-refractivity contribution in [2.75, 3.05) is 0 Å². The summed E-state index contributed by atoms with van der Waals surface area (Å²) in [6.45, 7) is 0. The molecule has 0 amide bonds. The van der Waals surface area contributed by atoms with E-state index in [1.54, 1.807) is 0 Å². The van der Waals surface area contributed by atoms with Crippen LogP contribution in [-0.2, 0) is 4.79 Å². The molecule has 1 aromatic rings. The van der Waals surface area contributed by atoms with Gasteiger partial charge in [-0.3, -0.25) is 4.79 Å². The first-order valence-corrected chi connectivity index (χ1v) is 6.73. The Morgan fingerprint density at radius 2 is 1.94 bits per heavy atom. The number of hydrogen-bond donors (Lipinski definition) is 1. The Morgan fingerprint density at radius 1 is 1.17 bits per heavy atom. The summed E-state index contributed by atoms with van der Waals surface area (Å²) in [4.78, 5) is 11.6. The Labute approximate surface area is 108 Å². The maximum atomic E-state index is 11.6. The van der Waals surface area contributed by atoms with E-state index in [-0.39, 0.29) is 5.92 Å². The van der Waals surface area contributed by atoms with E-state index in [9.17, 15) is 9.90 Å². The molecular weight excluding hydrogens is 224 g/mol.